The third-order valence-electron chi connectivity index (χ3n) is 9.59. The van der Waals surface area contributed by atoms with Crippen molar-refractivity contribution in [3.8, 4) is 5.75 Å². The molecule has 1 aromatic carbocycles. The maximum Gasteiger partial charge on any atom is 0.241 e. The number of H-pyrrole nitrogens is 1. The van der Waals surface area contributed by atoms with Gasteiger partial charge in [-0.1, -0.05) is 20.8 Å². The van der Waals surface area contributed by atoms with Crippen LogP contribution in [0.2, 0.25) is 0 Å². The number of ketones is 1. The highest BCUT2D eigenvalue weighted by atomic mass is 16.5. The first kappa shape index (κ1) is 20.1. The van der Waals surface area contributed by atoms with Gasteiger partial charge in [0.25, 0.3) is 0 Å². The van der Waals surface area contributed by atoms with Crippen LogP contribution in [0.25, 0.3) is 10.9 Å². The fourth-order valence-electron chi connectivity index (χ4n) is 8.39. The number of nitrogens with zero attached hydrogens (tertiary/aromatic N) is 1. The largest absolute Gasteiger partial charge is 0.487 e. The number of piperidine rings is 2. The Balaban J connectivity index is 1.42. The molecule has 6 heteroatoms. The monoisotopic (exact) mass is 447 g/mol. The van der Waals surface area contributed by atoms with Crippen LogP contribution in [0, 0.1) is 11.8 Å². The fraction of sp³-hybridized carbons (Fsp3) is 0.630. The van der Waals surface area contributed by atoms with Crippen LogP contribution in [0.1, 0.15) is 75.5 Å². The van der Waals surface area contributed by atoms with Gasteiger partial charge in [0.05, 0.1) is 23.0 Å². The predicted molar refractivity (Wildman–Crippen MR) is 126 cm³/mol. The molecule has 4 unspecified atom stereocenters. The molecule has 5 aliphatic heterocycles. The van der Waals surface area contributed by atoms with Crippen LogP contribution in [-0.2, 0) is 16.6 Å². The van der Waals surface area contributed by atoms with E-state index in [2.05, 4.69) is 42.0 Å². The van der Waals surface area contributed by atoms with Gasteiger partial charge in [0, 0.05) is 29.6 Å². The summed E-state index contributed by atoms with van der Waals surface area (Å²) >= 11 is 0. The highest BCUT2D eigenvalue weighted by Gasteiger charge is 2.69. The number of hydrogen-bond acceptors (Lipinski definition) is 4. The number of amides is 1. The molecule has 33 heavy (non-hydrogen) atoms. The molecule has 4 atom stereocenters. The average molecular weight is 448 g/mol. The molecule has 4 saturated heterocycles. The molecule has 1 aliphatic carbocycles. The summed E-state index contributed by atoms with van der Waals surface area (Å²) in [5, 5.41) is 4.67. The van der Waals surface area contributed by atoms with Crippen molar-refractivity contribution in [1.29, 1.82) is 0 Å². The molecular formula is C27H33N3O3. The van der Waals surface area contributed by atoms with Gasteiger partial charge in [-0.15, -0.1) is 0 Å². The van der Waals surface area contributed by atoms with Crippen molar-refractivity contribution in [3.63, 3.8) is 0 Å². The smallest absolute Gasteiger partial charge is 0.241 e. The number of aromatic amines is 1. The highest BCUT2D eigenvalue weighted by Crippen LogP contribution is 2.59. The fourth-order valence-corrected chi connectivity index (χ4v) is 8.39. The van der Waals surface area contributed by atoms with Crippen molar-refractivity contribution in [1.82, 2.24) is 15.2 Å². The van der Waals surface area contributed by atoms with Gasteiger partial charge in [0.2, 0.25) is 5.91 Å². The van der Waals surface area contributed by atoms with Crippen molar-refractivity contribution in [2.45, 2.75) is 82.4 Å². The van der Waals surface area contributed by atoms with Gasteiger partial charge in [0.1, 0.15) is 16.9 Å². The van der Waals surface area contributed by atoms with Gasteiger partial charge >= 0.3 is 0 Å². The maximum atomic E-state index is 13.5. The Labute approximate surface area is 194 Å². The molecule has 2 spiro atoms. The molecule has 1 aromatic heterocycles. The second-order valence-corrected chi connectivity index (χ2v) is 12.8. The van der Waals surface area contributed by atoms with E-state index in [1.807, 2.05) is 19.9 Å². The zero-order valence-electron chi connectivity index (χ0n) is 20.2. The first-order chi connectivity index (χ1) is 15.5. The lowest BCUT2D eigenvalue weighted by Gasteiger charge is -2.65. The molecule has 2 aromatic rings. The molecule has 4 fully saturated rings. The summed E-state index contributed by atoms with van der Waals surface area (Å²) in [6.45, 7) is 12.8. The Bertz CT molecular complexity index is 1270. The van der Waals surface area contributed by atoms with E-state index in [4.69, 9.17) is 4.74 Å². The van der Waals surface area contributed by atoms with Crippen LogP contribution in [0.4, 0.5) is 0 Å². The van der Waals surface area contributed by atoms with Gasteiger partial charge in [-0.2, -0.15) is 0 Å². The van der Waals surface area contributed by atoms with Crippen molar-refractivity contribution in [3.05, 3.63) is 29.0 Å². The Hall–Kier alpha value is -2.34. The second kappa shape index (κ2) is 5.65. The zero-order valence-corrected chi connectivity index (χ0v) is 20.2. The summed E-state index contributed by atoms with van der Waals surface area (Å²) in [7, 11) is 0. The molecule has 0 radical (unpaired) electrons. The van der Waals surface area contributed by atoms with Gasteiger partial charge < -0.3 is 15.0 Å². The SMILES string of the molecule is CC1CN2CC34Cc5c([nH]c6c7c(ccc56)OC(C)(C)CC7=O)C(C)(C)C3CC2(C1)C(=O)N4. The molecule has 6 nitrogen and oxygen atoms in total. The third kappa shape index (κ3) is 2.28. The summed E-state index contributed by atoms with van der Waals surface area (Å²) in [6.07, 6.45) is 3.06. The first-order valence-electron chi connectivity index (χ1n) is 12.4. The van der Waals surface area contributed by atoms with E-state index < -0.39 is 5.60 Å². The normalized spacial score (nSPS) is 37.7. The lowest BCUT2D eigenvalue weighted by atomic mass is 9.51. The van der Waals surface area contributed by atoms with Crippen LogP contribution in [0.5, 0.6) is 5.75 Å². The zero-order chi connectivity index (χ0) is 23.1. The highest BCUT2D eigenvalue weighted by molar-refractivity contribution is 6.11. The molecule has 1 amide bonds. The number of nitrogens with one attached hydrogen (secondary N) is 2. The second-order valence-electron chi connectivity index (χ2n) is 12.8. The van der Waals surface area contributed by atoms with E-state index in [9.17, 15) is 9.59 Å². The van der Waals surface area contributed by atoms with Crippen molar-refractivity contribution in [2.24, 2.45) is 11.8 Å². The number of fused-ring (bicyclic) bond motifs is 6. The lowest BCUT2D eigenvalue weighted by molar-refractivity contribution is -0.160. The van der Waals surface area contributed by atoms with Crippen LogP contribution < -0.4 is 10.1 Å². The molecule has 2 N–H and O–H groups in total. The quantitative estimate of drug-likeness (QED) is 0.646. The van der Waals surface area contributed by atoms with Gasteiger partial charge in [-0.3, -0.25) is 14.5 Å². The van der Waals surface area contributed by atoms with Gasteiger partial charge in [-0.25, -0.2) is 0 Å². The van der Waals surface area contributed by atoms with Crippen LogP contribution >= 0.6 is 0 Å². The van der Waals surface area contributed by atoms with E-state index in [0.29, 0.717) is 29.6 Å². The number of hydrogen-bond donors (Lipinski definition) is 2. The standard InChI is InChI=1S/C27H33N3O3/c1-14-8-27-11-19-25(4,5)22-16(9-26(19,29-23(27)32)13-30(27)12-14)15-6-7-18-20(21(15)28-22)17(31)10-24(2,3)33-18/h6-7,14,19,28H,8-13H2,1-5H3,(H,29,32). The molecule has 6 aliphatic rings. The van der Waals surface area contributed by atoms with Crippen LogP contribution in [0.3, 0.4) is 0 Å². The number of carbonyl (C=O) groups is 2. The molecular weight excluding hydrogens is 414 g/mol. The van der Waals surface area contributed by atoms with E-state index >= 15 is 0 Å². The van der Waals surface area contributed by atoms with Gasteiger partial charge in [-0.05, 0) is 62.6 Å². The average Bonchev–Trinajstić information content (AvgIpc) is 3.23. The molecule has 174 valence electrons. The van der Waals surface area contributed by atoms with Crippen LogP contribution in [0.15, 0.2) is 12.1 Å². The van der Waals surface area contributed by atoms with Crippen molar-refractivity contribution < 1.29 is 14.3 Å². The minimum Gasteiger partial charge on any atom is -0.487 e. The van der Waals surface area contributed by atoms with E-state index in [1.54, 1.807) is 0 Å². The lowest BCUT2D eigenvalue weighted by Crippen LogP contribution is -2.82. The summed E-state index contributed by atoms with van der Waals surface area (Å²) in [5.74, 6) is 1.96. The van der Waals surface area contributed by atoms with Crippen LogP contribution in [-0.4, -0.2) is 51.3 Å². The van der Waals surface area contributed by atoms with Crippen molar-refractivity contribution in [2.75, 3.05) is 13.1 Å². The number of aromatic nitrogens is 1. The Morgan fingerprint density at radius 1 is 1.09 bits per heavy atom. The number of Topliss-reactive ketones (excluding diaryl/α,β-unsaturated/α-hetero) is 1. The number of piperazine rings is 1. The summed E-state index contributed by atoms with van der Waals surface area (Å²) < 4.78 is 6.19. The molecule has 6 heterocycles. The number of ether oxygens (including phenoxy) is 1. The van der Waals surface area contributed by atoms with E-state index in [0.717, 1.165) is 43.3 Å². The number of benzene rings is 1. The van der Waals surface area contributed by atoms with E-state index in [1.165, 1.54) is 11.3 Å². The van der Waals surface area contributed by atoms with Gasteiger partial charge in [0.15, 0.2) is 5.78 Å². The maximum absolute atomic E-state index is 13.5. The summed E-state index contributed by atoms with van der Waals surface area (Å²) in [4.78, 5) is 32.9. The van der Waals surface area contributed by atoms with E-state index in [-0.39, 0.29) is 28.2 Å². The summed E-state index contributed by atoms with van der Waals surface area (Å²) in [6, 6.07) is 4.08. The Morgan fingerprint density at radius 2 is 1.88 bits per heavy atom. The number of carbonyl (C=O) groups excluding carboxylic acids is 2. The Kier molecular flexibility index (Phi) is 3.44. The first-order valence-corrected chi connectivity index (χ1v) is 12.4. The minimum absolute atomic E-state index is 0.140. The Morgan fingerprint density at radius 3 is 2.67 bits per heavy atom. The third-order valence-corrected chi connectivity index (χ3v) is 9.59. The summed E-state index contributed by atoms with van der Waals surface area (Å²) in [5.41, 5.74) is 2.87. The predicted octanol–water partition coefficient (Wildman–Crippen LogP) is 3.71. The number of rotatable bonds is 0. The minimum atomic E-state index is -0.483. The molecule has 0 saturated carbocycles. The molecule has 8 rings (SSSR count). The topological polar surface area (TPSA) is 74.4 Å². The molecule has 2 bridgehead atoms. The van der Waals surface area contributed by atoms with Crippen molar-refractivity contribution >= 4 is 22.6 Å².